The lowest BCUT2D eigenvalue weighted by atomic mass is 10.1. The third kappa shape index (κ3) is 5.67. The molecule has 32 heavy (non-hydrogen) atoms. The number of amides is 1. The summed E-state index contributed by atoms with van der Waals surface area (Å²) in [5.74, 6) is 1.05. The maximum atomic E-state index is 12.5. The summed E-state index contributed by atoms with van der Waals surface area (Å²) in [6.07, 6.45) is 4.90. The number of halogens is 1. The normalized spacial score (nSPS) is 10.7. The van der Waals surface area contributed by atoms with Crippen molar-refractivity contribution >= 4 is 23.2 Å². The van der Waals surface area contributed by atoms with Crippen LogP contribution in [0.2, 0.25) is 5.02 Å². The summed E-state index contributed by atoms with van der Waals surface area (Å²) < 4.78 is 14.5. The molecule has 0 bridgehead atoms. The molecule has 0 radical (unpaired) electrons. The molecule has 0 saturated heterocycles. The average Bonchev–Trinajstić information content (AvgIpc) is 3.40. The van der Waals surface area contributed by atoms with Crippen molar-refractivity contribution in [3.05, 3.63) is 89.0 Å². The SMILES string of the molecule is Cc1cc(C)cc(OCn2ccc(C(=O)Nc3cnn(COc4cccc(Cl)c4)c3)n2)c1. The summed E-state index contributed by atoms with van der Waals surface area (Å²) in [4.78, 5) is 12.5. The first-order valence-electron chi connectivity index (χ1n) is 9.91. The number of carbonyl (C=O) groups is 1. The highest BCUT2D eigenvalue weighted by Crippen LogP contribution is 2.18. The predicted molar refractivity (Wildman–Crippen MR) is 121 cm³/mol. The zero-order chi connectivity index (χ0) is 22.5. The molecule has 0 aliphatic heterocycles. The van der Waals surface area contributed by atoms with Crippen LogP contribution in [0.15, 0.2) is 67.1 Å². The van der Waals surface area contributed by atoms with E-state index in [4.69, 9.17) is 21.1 Å². The van der Waals surface area contributed by atoms with Gasteiger partial charge in [0.2, 0.25) is 0 Å². The molecule has 0 spiro atoms. The van der Waals surface area contributed by atoms with Crippen LogP contribution in [0.1, 0.15) is 21.6 Å². The van der Waals surface area contributed by atoms with Gasteiger partial charge in [-0.2, -0.15) is 10.2 Å². The number of nitrogens with one attached hydrogen (secondary N) is 1. The Balaban J connectivity index is 1.30. The van der Waals surface area contributed by atoms with Crippen LogP contribution >= 0.6 is 11.6 Å². The van der Waals surface area contributed by atoms with Gasteiger partial charge in [-0.25, -0.2) is 9.36 Å². The fourth-order valence-corrected chi connectivity index (χ4v) is 3.28. The maximum absolute atomic E-state index is 12.5. The number of aryl methyl sites for hydroxylation is 2. The molecular formula is C23H22ClN5O3. The number of hydrogen-bond acceptors (Lipinski definition) is 5. The molecule has 1 amide bonds. The van der Waals surface area contributed by atoms with Gasteiger partial charge >= 0.3 is 0 Å². The highest BCUT2D eigenvalue weighted by molar-refractivity contribution is 6.30. The maximum Gasteiger partial charge on any atom is 0.276 e. The third-order valence-electron chi connectivity index (χ3n) is 4.48. The lowest BCUT2D eigenvalue weighted by Crippen LogP contribution is -2.14. The Morgan fingerprint density at radius 2 is 1.75 bits per heavy atom. The van der Waals surface area contributed by atoms with Gasteiger partial charge in [-0.05, 0) is 61.4 Å². The number of rotatable bonds is 8. The average molecular weight is 452 g/mol. The Morgan fingerprint density at radius 1 is 1.00 bits per heavy atom. The number of nitrogens with zero attached hydrogens (tertiary/aromatic N) is 4. The number of anilines is 1. The minimum Gasteiger partial charge on any atom is -0.471 e. The Kier molecular flexibility index (Phi) is 6.42. The molecule has 2 aromatic carbocycles. The van der Waals surface area contributed by atoms with E-state index in [-0.39, 0.29) is 25.1 Å². The molecule has 0 aliphatic rings. The second-order valence-corrected chi connectivity index (χ2v) is 7.73. The van der Waals surface area contributed by atoms with Crippen LogP contribution in [0, 0.1) is 13.8 Å². The Labute approximate surface area is 190 Å². The first-order valence-corrected chi connectivity index (χ1v) is 10.3. The Morgan fingerprint density at radius 3 is 2.53 bits per heavy atom. The van der Waals surface area contributed by atoms with Gasteiger partial charge in [0.25, 0.3) is 5.91 Å². The van der Waals surface area contributed by atoms with Crippen molar-refractivity contribution in [3.8, 4) is 11.5 Å². The Hall–Kier alpha value is -3.78. The first kappa shape index (κ1) is 21.5. The van der Waals surface area contributed by atoms with Gasteiger partial charge in [0.1, 0.15) is 11.5 Å². The van der Waals surface area contributed by atoms with Crippen LogP contribution in [0.5, 0.6) is 11.5 Å². The minimum absolute atomic E-state index is 0.181. The van der Waals surface area contributed by atoms with Crippen molar-refractivity contribution in [2.24, 2.45) is 0 Å². The van der Waals surface area contributed by atoms with Crippen molar-refractivity contribution in [2.45, 2.75) is 27.3 Å². The van der Waals surface area contributed by atoms with Crippen LogP contribution in [0.3, 0.4) is 0 Å². The zero-order valence-corrected chi connectivity index (χ0v) is 18.4. The number of benzene rings is 2. The van der Waals surface area contributed by atoms with E-state index < -0.39 is 0 Å². The number of hydrogen-bond donors (Lipinski definition) is 1. The number of ether oxygens (including phenoxy) is 2. The Bertz CT molecular complexity index is 1210. The van der Waals surface area contributed by atoms with Crippen molar-refractivity contribution in [1.29, 1.82) is 0 Å². The van der Waals surface area contributed by atoms with Gasteiger partial charge in [0.15, 0.2) is 19.2 Å². The fraction of sp³-hybridized carbons (Fsp3) is 0.174. The molecule has 0 unspecified atom stereocenters. The van der Waals surface area contributed by atoms with Crippen LogP contribution in [-0.2, 0) is 13.5 Å². The summed E-state index contributed by atoms with van der Waals surface area (Å²) in [5.41, 5.74) is 3.06. The number of carbonyl (C=O) groups excluding carboxylic acids is 1. The minimum atomic E-state index is -0.342. The summed E-state index contributed by atoms with van der Waals surface area (Å²) >= 11 is 5.95. The molecule has 8 nitrogen and oxygen atoms in total. The summed E-state index contributed by atoms with van der Waals surface area (Å²) in [6, 6.07) is 14.7. The molecule has 2 aromatic heterocycles. The van der Waals surface area contributed by atoms with Crippen LogP contribution in [-0.4, -0.2) is 25.5 Å². The standard InChI is InChI=1S/C23H22ClN5O3/c1-16-8-17(2)10-21(9-16)32-14-28-7-6-22(27-28)23(30)26-19-12-25-29(13-19)15-31-20-5-3-4-18(24)11-20/h3-13H,14-15H2,1-2H3,(H,26,30). The summed E-state index contributed by atoms with van der Waals surface area (Å²) in [6.45, 7) is 4.42. The van der Waals surface area contributed by atoms with E-state index in [0.717, 1.165) is 16.9 Å². The quantitative estimate of drug-likeness (QED) is 0.420. The van der Waals surface area contributed by atoms with E-state index in [9.17, 15) is 4.79 Å². The molecular weight excluding hydrogens is 430 g/mol. The van der Waals surface area contributed by atoms with Crippen LogP contribution < -0.4 is 14.8 Å². The fourth-order valence-electron chi connectivity index (χ4n) is 3.10. The lowest BCUT2D eigenvalue weighted by molar-refractivity contribution is 0.102. The van der Waals surface area contributed by atoms with E-state index in [0.29, 0.717) is 16.5 Å². The topological polar surface area (TPSA) is 83.2 Å². The van der Waals surface area contributed by atoms with E-state index in [1.54, 1.807) is 58.3 Å². The van der Waals surface area contributed by atoms with Crippen molar-refractivity contribution in [2.75, 3.05) is 5.32 Å². The van der Waals surface area contributed by atoms with Crippen LogP contribution in [0.25, 0.3) is 0 Å². The molecule has 0 fully saturated rings. The van der Waals surface area contributed by atoms with Gasteiger partial charge < -0.3 is 14.8 Å². The summed E-state index contributed by atoms with van der Waals surface area (Å²) in [7, 11) is 0. The molecule has 1 N–H and O–H groups in total. The monoisotopic (exact) mass is 451 g/mol. The second-order valence-electron chi connectivity index (χ2n) is 7.29. The van der Waals surface area contributed by atoms with Gasteiger partial charge in [0, 0.05) is 11.2 Å². The predicted octanol–water partition coefficient (Wildman–Crippen LogP) is 4.68. The molecule has 2 heterocycles. The van der Waals surface area contributed by atoms with E-state index in [2.05, 4.69) is 21.6 Å². The zero-order valence-electron chi connectivity index (χ0n) is 17.7. The molecule has 164 valence electrons. The molecule has 9 heteroatoms. The van der Waals surface area contributed by atoms with Crippen molar-refractivity contribution in [1.82, 2.24) is 19.6 Å². The molecule has 0 aliphatic carbocycles. The highest BCUT2D eigenvalue weighted by atomic mass is 35.5. The van der Waals surface area contributed by atoms with Crippen LogP contribution in [0.4, 0.5) is 5.69 Å². The van der Waals surface area contributed by atoms with Gasteiger partial charge in [-0.3, -0.25) is 4.79 Å². The van der Waals surface area contributed by atoms with Gasteiger partial charge in [-0.15, -0.1) is 0 Å². The van der Waals surface area contributed by atoms with Crippen molar-refractivity contribution in [3.63, 3.8) is 0 Å². The lowest BCUT2D eigenvalue weighted by Gasteiger charge is -2.08. The smallest absolute Gasteiger partial charge is 0.276 e. The molecule has 4 rings (SSSR count). The van der Waals surface area contributed by atoms with E-state index in [1.165, 1.54) is 0 Å². The van der Waals surface area contributed by atoms with E-state index in [1.807, 2.05) is 26.0 Å². The first-order chi connectivity index (χ1) is 15.4. The summed E-state index contributed by atoms with van der Waals surface area (Å²) in [5, 5.41) is 11.8. The van der Waals surface area contributed by atoms with Crippen molar-refractivity contribution < 1.29 is 14.3 Å². The van der Waals surface area contributed by atoms with Gasteiger partial charge in [0.05, 0.1) is 18.1 Å². The second kappa shape index (κ2) is 9.57. The molecule has 4 aromatic rings. The molecule has 0 saturated carbocycles. The number of aromatic nitrogens is 4. The highest BCUT2D eigenvalue weighted by Gasteiger charge is 2.11. The molecule has 0 atom stereocenters. The van der Waals surface area contributed by atoms with E-state index >= 15 is 0 Å². The largest absolute Gasteiger partial charge is 0.471 e. The third-order valence-corrected chi connectivity index (χ3v) is 4.72. The van der Waals surface area contributed by atoms with Gasteiger partial charge in [-0.1, -0.05) is 23.7 Å².